The molecule has 1 aromatic carbocycles. The van der Waals surface area contributed by atoms with E-state index in [0.29, 0.717) is 13.1 Å². The summed E-state index contributed by atoms with van der Waals surface area (Å²) in [6, 6.07) is 8.04. The van der Waals surface area contributed by atoms with Crippen LogP contribution < -0.4 is 10.6 Å². The molecular formula is C16H26N2O. The summed E-state index contributed by atoms with van der Waals surface area (Å²) < 4.78 is 0. The Kier molecular flexibility index (Phi) is 6.57. The SMILES string of the molecule is CCCC(C)C(=O)N(CCCN)c1ccccc1C. The van der Waals surface area contributed by atoms with E-state index in [1.807, 2.05) is 43.0 Å². The molecule has 0 aliphatic heterocycles. The zero-order valence-corrected chi connectivity index (χ0v) is 12.4. The van der Waals surface area contributed by atoms with Crippen molar-refractivity contribution in [2.24, 2.45) is 11.7 Å². The fourth-order valence-corrected chi connectivity index (χ4v) is 2.29. The maximum absolute atomic E-state index is 12.6. The van der Waals surface area contributed by atoms with Gasteiger partial charge in [-0.3, -0.25) is 4.79 Å². The number of rotatable bonds is 7. The highest BCUT2D eigenvalue weighted by Gasteiger charge is 2.21. The molecule has 2 N–H and O–H groups in total. The Balaban J connectivity index is 2.94. The Morgan fingerprint density at radius 2 is 2.05 bits per heavy atom. The van der Waals surface area contributed by atoms with E-state index in [0.717, 1.165) is 30.5 Å². The highest BCUT2D eigenvalue weighted by molar-refractivity contribution is 5.95. The standard InChI is InChI=1S/C16H26N2O/c1-4-8-14(3)16(19)18(12-7-11-17)15-10-6-5-9-13(15)2/h5-6,9-10,14H,4,7-8,11-12,17H2,1-3H3. The molecule has 3 heteroatoms. The van der Waals surface area contributed by atoms with Gasteiger partial charge < -0.3 is 10.6 Å². The van der Waals surface area contributed by atoms with Gasteiger partial charge in [0, 0.05) is 18.2 Å². The molecule has 0 aliphatic rings. The lowest BCUT2D eigenvalue weighted by Crippen LogP contribution is -2.37. The molecule has 0 saturated carbocycles. The molecule has 0 bridgehead atoms. The zero-order chi connectivity index (χ0) is 14.3. The molecule has 1 unspecified atom stereocenters. The van der Waals surface area contributed by atoms with Crippen molar-refractivity contribution in [3.63, 3.8) is 0 Å². The molecule has 1 amide bonds. The van der Waals surface area contributed by atoms with Crippen LogP contribution in [-0.2, 0) is 4.79 Å². The fraction of sp³-hybridized carbons (Fsp3) is 0.562. The van der Waals surface area contributed by atoms with Crippen LogP contribution in [0.25, 0.3) is 0 Å². The molecule has 3 nitrogen and oxygen atoms in total. The Morgan fingerprint density at radius 1 is 1.37 bits per heavy atom. The lowest BCUT2D eigenvalue weighted by molar-refractivity contribution is -0.122. The molecule has 0 fully saturated rings. The van der Waals surface area contributed by atoms with Gasteiger partial charge in [0.1, 0.15) is 0 Å². The van der Waals surface area contributed by atoms with E-state index in [9.17, 15) is 4.79 Å². The first-order valence-corrected chi connectivity index (χ1v) is 7.18. The largest absolute Gasteiger partial charge is 0.330 e. The van der Waals surface area contributed by atoms with Crippen LogP contribution in [0.5, 0.6) is 0 Å². The number of hydrogen-bond donors (Lipinski definition) is 1. The van der Waals surface area contributed by atoms with Gasteiger partial charge in [0.25, 0.3) is 0 Å². The van der Waals surface area contributed by atoms with Crippen molar-refractivity contribution in [1.82, 2.24) is 0 Å². The number of para-hydroxylation sites is 1. The van der Waals surface area contributed by atoms with Crippen molar-refractivity contribution in [3.8, 4) is 0 Å². The van der Waals surface area contributed by atoms with Crippen LogP contribution in [0.3, 0.4) is 0 Å². The van der Waals surface area contributed by atoms with E-state index >= 15 is 0 Å². The molecule has 1 atom stereocenters. The molecule has 0 saturated heterocycles. The summed E-state index contributed by atoms with van der Waals surface area (Å²) in [5, 5.41) is 0. The first kappa shape index (κ1) is 15.7. The van der Waals surface area contributed by atoms with Gasteiger partial charge in [-0.1, -0.05) is 38.5 Å². The van der Waals surface area contributed by atoms with Gasteiger partial charge in [0.05, 0.1) is 0 Å². The number of carbonyl (C=O) groups excluding carboxylic acids is 1. The van der Waals surface area contributed by atoms with Gasteiger partial charge in [-0.15, -0.1) is 0 Å². The average molecular weight is 262 g/mol. The number of hydrogen-bond acceptors (Lipinski definition) is 2. The van der Waals surface area contributed by atoms with E-state index in [2.05, 4.69) is 6.92 Å². The minimum Gasteiger partial charge on any atom is -0.330 e. The fourth-order valence-electron chi connectivity index (χ4n) is 2.29. The number of carbonyl (C=O) groups is 1. The number of nitrogens with two attached hydrogens (primary N) is 1. The van der Waals surface area contributed by atoms with Gasteiger partial charge >= 0.3 is 0 Å². The highest BCUT2D eigenvalue weighted by Crippen LogP contribution is 2.22. The first-order chi connectivity index (χ1) is 9.11. The van der Waals surface area contributed by atoms with Crippen molar-refractivity contribution < 1.29 is 4.79 Å². The van der Waals surface area contributed by atoms with Crippen LogP contribution in [-0.4, -0.2) is 19.0 Å². The van der Waals surface area contributed by atoms with Crippen LogP contribution in [0, 0.1) is 12.8 Å². The normalized spacial score (nSPS) is 12.2. The van der Waals surface area contributed by atoms with E-state index < -0.39 is 0 Å². The van der Waals surface area contributed by atoms with Crippen LogP contribution >= 0.6 is 0 Å². The van der Waals surface area contributed by atoms with Gasteiger partial charge in [0.2, 0.25) is 5.91 Å². The highest BCUT2D eigenvalue weighted by atomic mass is 16.2. The van der Waals surface area contributed by atoms with Gasteiger partial charge in [0.15, 0.2) is 0 Å². The van der Waals surface area contributed by atoms with Crippen LogP contribution in [0.1, 0.15) is 38.7 Å². The second-order valence-electron chi connectivity index (χ2n) is 5.11. The Labute approximate surface area is 116 Å². The zero-order valence-electron chi connectivity index (χ0n) is 12.4. The quantitative estimate of drug-likeness (QED) is 0.820. The summed E-state index contributed by atoms with van der Waals surface area (Å²) in [7, 11) is 0. The summed E-state index contributed by atoms with van der Waals surface area (Å²) in [5.41, 5.74) is 7.74. The van der Waals surface area contributed by atoms with E-state index in [-0.39, 0.29) is 11.8 Å². The second-order valence-corrected chi connectivity index (χ2v) is 5.11. The molecule has 0 heterocycles. The minimum atomic E-state index is 0.0716. The average Bonchev–Trinajstić information content (AvgIpc) is 2.41. The third kappa shape index (κ3) is 4.35. The topological polar surface area (TPSA) is 46.3 Å². The molecule has 106 valence electrons. The van der Waals surface area contributed by atoms with Crippen LogP contribution in [0.4, 0.5) is 5.69 Å². The van der Waals surface area contributed by atoms with Crippen molar-refractivity contribution in [2.45, 2.75) is 40.0 Å². The van der Waals surface area contributed by atoms with E-state index in [1.165, 1.54) is 0 Å². The smallest absolute Gasteiger partial charge is 0.229 e. The number of aryl methyl sites for hydroxylation is 1. The predicted molar refractivity (Wildman–Crippen MR) is 81.3 cm³/mol. The minimum absolute atomic E-state index is 0.0716. The summed E-state index contributed by atoms with van der Waals surface area (Å²) in [5.74, 6) is 0.284. The van der Waals surface area contributed by atoms with E-state index in [4.69, 9.17) is 5.73 Å². The third-order valence-corrected chi connectivity index (χ3v) is 3.40. The van der Waals surface area contributed by atoms with Crippen LogP contribution in [0.2, 0.25) is 0 Å². The van der Waals surface area contributed by atoms with Crippen molar-refractivity contribution in [3.05, 3.63) is 29.8 Å². The van der Waals surface area contributed by atoms with Crippen molar-refractivity contribution in [1.29, 1.82) is 0 Å². The summed E-state index contributed by atoms with van der Waals surface area (Å²) >= 11 is 0. The summed E-state index contributed by atoms with van der Waals surface area (Å²) in [6.07, 6.45) is 2.80. The Bertz CT molecular complexity index is 403. The predicted octanol–water partition coefficient (Wildman–Crippen LogP) is 3.11. The Hall–Kier alpha value is -1.35. The van der Waals surface area contributed by atoms with Gasteiger partial charge in [-0.2, -0.15) is 0 Å². The molecule has 1 rings (SSSR count). The molecule has 0 aliphatic carbocycles. The van der Waals surface area contributed by atoms with Gasteiger partial charge in [-0.05, 0) is 37.9 Å². The molecule has 1 aromatic rings. The number of nitrogens with zero attached hydrogens (tertiary/aromatic N) is 1. The number of anilines is 1. The molecule has 0 radical (unpaired) electrons. The Morgan fingerprint density at radius 3 is 2.63 bits per heavy atom. The molecule has 19 heavy (non-hydrogen) atoms. The molecule has 0 spiro atoms. The van der Waals surface area contributed by atoms with Crippen molar-refractivity contribution >= 4 is 11.6 Å². The molecular weight excluding hydrogens is 236 g/mol. The maximum Gasteiger partial charge on any atom is 0.229 e. The lowest BCUT2D eigenvalue weighted by atomic mass is 10.0. The first-order valence-electron chi connectivity index (χ1n) is 7.18. The van der Waals surface area contributed by atoms with Crippen LogP contribution in [0.15, 0.2) is 24.3 Å². The lowest BCUT2D eigenvalue weighted by Gasteiger charge is -2.27. The maximum atomic E-state index is 12.6. The van der Waals surface area contributed by atoms with E-state index in [1.54, 1.807) is 0 Å². The second kappa shape index (κ2) is 7.95. The van der Waals surface area contributed by atoms with Crippen molar-refractivity contribution in [2.75, 3.05) is 18.0 Å². The summed E-state index contributed by atoms with van der Waals surface area (Å²) in [4.78, 5) is 14.5. The number of amides is 1. The summed E-state index contributed by atoms with van der Waals surface area (Å²) in [6.45, 7) is 7.48. The van der Waals surface area contributed by atoms with Gasteiger partial charge in [-0.25, -0.2) is 0 Å². The third-order valence-electron chi connectivity index (χ3n) is 3.40. The number of benzene rings is 1. The monoisotopic (exact) mass is 262 g/mol. The molecule has 0 aromatic heterocycles.